The van der Waals surface area contributed by atoms with Crippen LogP contribution in [0.15, 0.2) is 27.6 Å². The molecule has 1 aliphatic carbocycles. The molecule has 0 saturated heterocycles. The second-order valence-corrected chi connectivity index (χ2v) is 8.41. The molecular formula is C14H19BrClNO2S. The van der Waals surface area contributed by atoms with Gasteiger partial charge < -0.3 is 0 Å². The molecule has 1 N–H and O–H groups in total. The minimum Gasteiger partial charge on any atom is -0.208 e. The summed E-state index contributed by atoms with van der Waals surface area (Å²) in [5.74, 6) is 0.965. The molecule has 1 aliphatic rings. The summed E-state index contributed by atoms with van der Waals surface area (Å²) in [4.78, 5) is 0.148. The smallest absolute Gasteiger partial charge is 0.208 e. The molecule has 1 aromatic rings. The highest BCUT2D eigenvalue weighted by Gasteiger charge is 2.34. The molecule has 0 aliphatic heterocycles. The molecule has 2 rings (SSSR count). The molecular weight excluding hydrogens is 362 g/mol. The first-order valence-corrected chi connectivity index (χ1v) is 9.48. The monoisotopic (exact) mass is 379 g/mol. The predicted molar refractivity (Wildman–Crippen MR) is 85.4 cm³/mol. The number of hydrogen-bond donors (Lipinski definition) is 1. The third kappa shape index (κ3) is 3.38. The van der Waals surface area contributed by atoms with Gasteiger partial charge in [0.15, 0.2) is 0 Å². The van der Waals surface area contributed by atoms with E-state index in [0.29, 0.717) is 11.8 Å². The highest BCUT2D eigenvalue weighted by atomic mass is 79.9. The average molecular weight is 381 g/mol. The lowest BCUT2D eigenvalue weighted by molar-refractivity contribution is 0.368. The van der Waals surface area contributed by atoms with Crippen molar-refractivity contribution in [1.82, 2.24) is 4.72 Å². The maximum Gasteiger partial charge on any atom is 0.242 e. The summed E-state index contributed by atoms with van der Waals surface area (Å²) in [6, 6.07) is 4.83. The highest BCUT2D eigenvalue weighted by Crippen LogP contribution is 2.35. The van der Waals surface area contributed by atoms with Crippen molar-refractivity contribution in [2.75, 3.05) is 0 Å². The molecule has 6 heteroatoms. The Bertz CT molecular complexity index is 591. The van der Waals surface area contributed by atoms with E-state index in [1.54, 1.807) is 12.1 Å². The first kappa shape index (κ1) is 16.3. The third-order valence-electron chi connectivity index (χ3n) is 4.24. The Hall–Kier alpha value is -0.100. The molecule has 0 heterocycles. The van der Waals surface area contributed by atoms with Crippen molar-refractivity contribution in [1.29, 1.82) is 0 Å². The van der Waals surface area contributed by atoms with Crippen molar-refractivity contribution in [3.8, 4) is 0 Å². The van der Waals surface area contributed by atoms with Gasteiger partial charge in [0, 0.05) is 10.5 Å². The Morgan fingerprint density at radius 1 is 1.40 bits per heavy atom. The van der Waals surface area contributed by atoms with Crippen LogP contribution < -0.4 is 4.72 Å². The summed E-state index contributed by atoms with van der Waals surface area (Å²) < 4.78 is 28.5. The van der Waals surface area contributed by atoms with Crippen LogP contribution in [0.2, 0.25) is 5.02 Å². The number of benzene rings is 1. The van der Waals surface area contributed by atoms with Gasteiger partial charge in [-0.2, -0.15) is 0 Å². The van der Waals surface area contributed by atoms with Gasteiger partial charge in [-0.25, -0.2) is 13.1 Å². The summed E-state index contributed by atoms with van der Waals surface area (Å²) in [7, 11) is -3.56. The normalized spacial score (nSPS) is 26.9. The van der Waals surface area contributed by atoms with Gasteiger partial charge >= 0.3 is 0 Å². The topological polar surface area (TPSA) is 46.2 Å². The van der Waals surface area contributed by atoms with Gasteiger partial charge in [0.05, 0.1) is 5.02 Å². The van der Waals surface area contributed by atoms with Gasteiger partial charge in [-0.05, 0) is 42.9 Å². The lowest BCUT2D eigenvalue weighted by atomic mass is 9.94. The molecule has 1 aromatic carbocycles. The zero-order valence-electron chi connectivity index (χ0n) is 11.6. The molecule has 3 unspecified atom stereocenters. The van der Waals surface area contributed by atoms with Crippen LogP contribution >= 0.6 is 27.5 Å². The lowest BCUT2D eigenvalue weighted by Gasteiger charge is -2.21. The predicted octanol–water partition coefficient (Wildman–Crippen LogP) is 4.21. The van der Waals surface area contributed by atoms with Crippen LogP contribution in [0.3, 0.4) is 0 Å². The quantitative estimate of drug-likeness (QED) is 0.850. The zero-order valence-corrected chi connectivity index (χ0v) is 14.7. The number of nitrogens with one attached hydrogen (secondary N) is 1. The van der Waals surface area contributed by atoms with E-state index in [9.17, 15) is 8.42 Å². The Balaban J connectivity index is 2.20. The van der Waals surface area contributed by atoms with Crippen molar-refractivity contribution in [3.05, 3.63) is 27.7 Å². The number of hydrogen-bond acceptors (Lipinski definition) is 2. The van der Waals surface area contributed by atoms with Gasteiger partial charge in [-0.15, -0.1) is 0 Å². The van der Waals surface area contributed by atoms with E-state index in [0.717, 1.165) is 23.7 Å². The van der Waals surface area contributed by atoms with E-state index >= 15 is 0 Å². The number of rotatable bonds is 4. The fraction of sp³-hybridized carbons (Fsp3) is 0.571. The molecule has 0 bridgehead atoms. The van der Waals surface area contributed by atoms with Gasteiger partial charge in [0.1, 0.15) is 4.90 Å². The first-order chi connectivity index (χ1) is 9.35. The minimum absolute atomic E-state index is 0.00432. The molecule has 1 saturated carbocycles. The van der Waals surface area contributed by atoms with Crippen LogP contribution in [-0.4, -0.2) is 14.5 Å². The van der Waals surface area contributed by atoms with Gasteiger partial charge in [0.25, 0.3) is 0 Å². The van der Waals surface area contributed by atoms with Gasteiger partial charge in [-0.1, -0.05) is 47.8 Å². The standard InChI is InChI=1S/C14H19BrClNO2S/c1-3-10-4-6-13(9(10)2)17-20(18,19)14-7-5-11(15)8-12(14)16/h5,7-10,13,17H,3-4,6H2,1-2H3. The van der Waals surface area contributed by atoms with Crippen LogP contribution in [0.25, 0.3) is 0 Å². The Labute approximate surface area is 134 Å². The van der Waals surface area contributed by atoms with E-state index in [4.69, 9.17) is 11.6 Å². The van der Waals surface area contributed by atoms with Gasteiger partial charge in [-0.3, -0.25) is 0 Å². The third-order valence-corrected chi connectivity index (χ3v) is 6.71. The maximum absolute atomic E-state index is 12.4. The van der Waals surface area contributed by atoms with Crippen LogP contribution in [0.1, 0.15) is 33.1 Å². The summed E-state index contributed by atoms with van der Waals surface area (Å²) in [6.07, 6.45) is 3.07. The highest BCUT2D eigenvalue weighted by molar-refractivity contribution is 9.10. The summed E-state index contributed by atoms with van der Waals surface area (Å²) in [5.41, 5.74) is 0. The molecule has 112 valence electrons. The van der Waals surface area contributed by atoms with Crippen LogP contribution in [-0.2, 0) is 10.0 Å². The van der Waals surface area contributed by atoms with E-state index in [1.807, 2.05) is 0 Å². The van der Waals surface area contributed by atoms with E-state index in [2.05, 4.69) is 34.5 Å². The van der Waals surface area contributed by atoms with Crippen LogP contribution in [0.5, 0.6) is 0 Å². The summed E-state index contributed by atoms with van der Waals surface area (Å²) in [5, 5.41) is 0.240. The average Bonchev–Trinajstić information content (AvgIpc) is 2.69. The Morgan fingerprint density at radius 2 is 2.10 bits per heavy atom. The molecule has 0 amide bonds. The molecule has 20 heavy (non-hydrogen) atoms. The van der Waals surface area contributed by atoms with E-state index in [-0.39, 0.29) is 16.0 Å². The SMILES string of the molecule is CCC1CCC(NS(=O)(=O)c2ccc(Br)cc2Cl)C1C. The fourth-order valence-corrected chi connectivity index (χ4v) is 5.35. The van der Waals surface area contributed by atoms with E-state index in [1.165, 1.54) is 6.07 Å². The largest absolute Gasteiger partial charge is 0.242 e. The van der Waals surface area contributed by atoms with Gasteiger partial charge in [0.2, 0.25) is 10.0 Å². The first-order valence-electron chi connectivity index (χ1n) is 6.82. The van der Waals surface area contributed by atoms with E-state index < -0.39 is 10.0 Å². The van der Waals surface area contributed by atoms with Crippen LogP contribution in [0.4, 0.5) is 0 Å². The summed E-state index contributed by atoms with van der Waals surface area (Å²) >= 11 is 9.32. The lowest BCUT2D eigenvalue weighted by Crippen LogP contribution is -2.37. The molecule has 1 fully saturated rings. The summed E-state index contributed by atoms with van der Waals surface area (Å²) in [6.45, 7) is 4.28. The van der Waals surface area contributed by atoms with Crippen molar-refractivity contribution in [2.45, 2.75) is 44.0 Å². The fourth-order valence-electron chi connectivity index (χ4n) is 2.95. The van der Waals surface area contributed by atoms with Crippen LogP contribution in [0, 0.1) is 11.8 Å². The second-order valence-electron chi connectivity index (χ2n) is 5.41. The van der Waals surface area contributed by atoms with Crippen molar-refractivity contribution >= 4 is 37.6 Å². The number of halogens is 2. The Kier molecular flexibility index (Phi) is 5.16. The molecule has 0 radical (unpaired) electrons. The zero-order chi connectivity index (χ0) is 14.9. The minimum atomic E-state index is -3.56. The molecule has 3 atom stereocenters. The number of sulfonamides is 1. The molecule has 0 spiro atoms. The van der Waals surface area contributed by atoms with Crippen molar-refractivity contribution in [3.63, 3.8) is 0 Å². The van der Waals surface area contributed by atoms with Crippen molar-refractivity contribution in [2.24, 2.45) is 11.8 Å². The maximum atomic E-state index is 12.4. The Morgan fingerprint density at radius 3 is 2.65 bits per heavy atom. The van der Waals surface area contributed by atoms with Crippen molar-refractivity contribution < 1.29 is 8.42 Å². The molecule has 3 nitrogen and oxygen atoms in total. The second kappa shape index (κ2) is 6.34. The molecule has 0 aromatic heterocycles.